The van der Waals surface area contributed by atoms with Crippen molar-refractivity contribution >= 4 is 34.1 Å². The number of hydrogen-bond acceptors (Lipinski definition) is 7. The number of ether oxygens (including phenoxy) is 1. The van der Waals surface area contributed by atoms with E-state index in [2.05, 4.69) is 30.7 Å². The van der Waals surface area contributed by atoms with E-state index < -0.39 is 17.8 Å². The first-order valence-electron chi connectivity index (χ1n) is 11.3. The minimum Gasteiger partial charge on any atom is -0.497 e. The van der Waals surface area contributed by atoms with Crippen molar-refractivity contribution in [1.82, 2.24) is 24.7 Å². The van der Waals surface area contributed by atoms with Crippen LogP contribution in [0.5, 0.6) is 5.75 Å². The van der Waals surface area contributed by atoms with Crippen molar-refractivity contribution in [1.29, 1.82) is 0 Å². The molecule has 2 N–H and O–H groups in total. The van der Waals surface area contributed by atoms with Crippen LogP contribution < -0.4 is 15.4 Å². The lowest BCUT2D eigenvalue weighted by Crippen LogP contribution is -2.15. The van der Waals surface area contributed by atoms with Gasteiger partial charge in [0.05, 0.1) is 24.4 Å². The van der Waals surface area contributed by atoms with E-state index in [9.17, 15) is 18.0 Å². The van der Waals surface area contributed by atoms with Crippen molar-refractivity contribution in [2.45, 2.75) is 13.1 Å². The van der Waals surface area contributed by atoms with Gasteiger partial charge in [-0.2, -0.15) is 18.3 Å². The maximum atomic E-state index is 13.0. The molecule has 5 aromatic rings. The molecule has 0 spiro atoms. The van der Waals surface area contributed by atoms with Gasteiger partial charge in [0.2, 0.25) is 0 Å². The summed E-state index contributed by atoms with van der Waals surface area (Å²) in [5.74, 6) is 0.512. The van der Waals surface area contributed by atoms with Crippen LogP contribution in [0.15, 0.2) is 73.3 Å². The predicted molar refractivity (Wildman–Crippen MR) is 135 cm³/mol. The highest BCUT2D eigenvalue weighted by molar-refractivity contribution is 6.04. The minimum atomic E-state index is -4.65. The number of methoxy groups -OCH3 is 1. The molecule has 0 fully saturated rings. The lowest BCUT2D eigenvalue weighted by atomic mass is 10.1. The average Bonchev–Trinajstić information content (AvgIpc) is 3.35. The third-order valence-corrected chi connectivity index (χ3v) is 5.74. The van der Waals surface area contributed by atoms with Gasteiger partial charge in [-0.25, -0.2) is 14.6 Å². The Morgan fingerprint density at radius 3 is 2.53 bits per heavy atom. The van der Waals surface area contributed by atoms with Gasteiger partial charge in [-0.15, -0.1) is 0 Å². The summed E-state index contributed by atoms with van der Waals surface area (Å²) in [5, 5.41) is 11.0. The standard InChI is InChI=1S/C26H20F3N7O2/c1-15-3-4-17(34-25(37)16-9-10-30-22(11-16)26(27,28)29)12-21(15)35-23-20-13-33-36(24(20)32-14-31-23)18-5-7-19(38-2)8-6-18/h3-14H,1-2H3,(H,34,37)(H,31,32,35). The quantitative estimate of drug-likeness (QED) is 0.303. The van der Waals surface area contributed by atoms with Crippen molar-refractivity contribution < 1.29 is 22.7 Å². The van der Waals surface area contributed by atoms with Gasteiger partial charge < -0.3 is 15.4 Å². The zero-order chi connectivity index (χ0) is 26.9. The Balaban J connectivity index is 1.40. The van der Waals surface area contributed by atoms with Crippen LogP contribution in [0, 0.1) is 6.92 Å². The third kappa shape index (κ3) is 4.96. The van der Waals surface area contributed by atoms with Crippen LogP contribution >= 0.6 is 0 Å². The van der Waals surface area contributed by atoms with Gasteiger partial charge in [0, 0.05) is 23.1 Å². The maximum absolute atomic E-state index is 13.0. The lowest BCUT2D eigenvalue weighted by Gasteiger charge is -2.13. The molecule has 0 unspecified atom stereocenters. The van der Waals surface area contributed by atoms with Crippen molar-refractivity contribution in [3.8, 4) is 11.4 Å². The van der Waals surface area contributed by atoms with E-state index in [1.165, 1.54) is 12.4 Å². The molecule has 2 aromatic carbocycles. The van der Waals surface area contributed by atoms with Gasteiger partial charge in [-0.05, 0) is 61.0 Å². The molecule has 192 valence electrons. The Kier molecular flexibility index (Phi) is 6.37. The van der Waals surface area contributed by atoms with E-state index in [1.54, 1.807) is 36.2 Å². The van der Waals surface area contributed by atoms with Crippen molar-refractivity contribution in [3.05, 3.63) is 90.1 Å². The van der Waals surface area contributed by atoms with Gasteiger partial charge >= 0.3 is 6.18 Å². The van der Waals surface area contributed by atoms with E-state index in [0.29, 0.717) is 34.3 Å². The monoisotopic (exact) mass is 519 g/mol. The number of pyridine rings is 1. The molecular formula is C26H20F3N7O2. The third-order valence-electron chi connectivity index (χ3n) is 5.74. The molecule has 0 aliphatic carbocycles. The molecular weight excluding hydrogens is 499 g/mol. The van der Waals surface area contributed by atoms with E-state index in [-0.39, 0.29) is 5.56 Å². The smallest absolute Gasteiger partial charge is 0.433 e. The number of benzene rings is 2. The molecule has 5 rings (SSSR count). The Bertz CT molecular complexity index is 1630. The first kappa shape index (κ1) is 24.7. The highest BCUT2D eigenvalue weighted by Crippen LogP contribution is 2.30. The molecule has 0 saturated carbocycles. The normalized spacial score (nSPS) is 11.4. The van der Waals surface area contributed by atoms with Crippen LogP contribution in [0.2, 0.25) is 0 Å². The number of nitrogens with zero attached hydrogens (tertiary/aromatic N) is 5. The molecule has 0 aliphatic heterocycles. The number of amides is 1. The second-order valence-corrected chi connectivity index (χ2v) is 8.25. The number of fused-ring (bicyclic) bond motifs is 1. The first-order chi connectivity index (χ1) is 18.2. The SMILES string of the molecule is COc1ccc(-n2ncc3c(Nc4cc(NC(=O)c5ccnc(C(F)(F)F)c5)ccc4C)ncnc32)cc1. The van der Waals surface area contributed by atoms with Crippen LogP contribution in [0.25, 0.3) is 16.7 Å². The Morgan fingerprint density at radius 1 is 1.00 bits per heavy atom. The molecule has 9 nitrogen and oxygen atoms in total. The summed E-state index contributed by atoms with van der Waals surface area (Å²) in [7, 11) is 1.59. The molecule has 0 saturated heterocycles. The number of anilines is 3. The van der Waals surface area contributed by atoms with Crippen LogP contribution in [0.3, 0.4) is 0 Å². The Labute approximate surface area is 214 Å². The number of hydrogen-bond donors (Lipinski definition) is 2. The number of carbonyl (C=O) groups is 1. The summed E-state index contributed by atoms with van der Waals surface area (Å²) in [6.45, 7) is 1.87. The highest BCUT2D eigenvalue weighted by Gasteiger charge is 2.33. The summed E-state index contributed by atoms with van der Waals surface area (Å²) in [4.78, 5) is 24.6. The summed E-state index contributed by atoms with van der Waals surface area (Å²) < 4.78 is 45.8. The first-order valence-corrected chi connectivity index (χ1v) is 11.3. The Morgan fingerprint density at radius 2 is 1.79 bits per heavy atom. The van der Waals surface area contributed by atoms with Gasteiger partial charge in [0.15, 0.2) is 5.65 Å². The topological polar surface area (TPSA) is 107 Å². The lowest BCUT2D eigenvalue weighted by molar-refractivity contribution is -0.141. The predicted octanol–water partition coefficient (Wildman–Crippen LogP) is 5.54. The average molecular weight is 519 g/mol. The van der Waals surface area contributed by atoms with E-state index in [4.69, 9.17) is 4.74 Å². The second kappa shape index (κ2) is 9.81. The van der Waals surface area contributed by atoms with E-state index in [0.717, 1.165) is 23.2 Å². The van der Waals surface area contributed by atoms with Crippen molar-refractivity contribution in [2.75, 3.05) is 17.7 Å². The van der Waals surface area contributed by atoms with Gasteiger partial charge in [0.25, 0.3) is 5.91 Å². The van der Waals surface area contributed by atoms with Crippen LogP contribution in [0.4, 0.5) is 30.4 Å². The highest BCUT2D eigenvalue weighted by atomic mass is 19.4. The number of halogens is 3. The van der Waals surface area contributed by atoms with Gasteiger partial charge in [-0.1, -0.05) is 6.07 Å². The second-order valence-electron chi connectivity index (χ2n) is 8.25. The number of carbonyl (C=O) groups excluding carboxylic acids is 1. The molecule has 1 amide bonds. The Hall–Kier alpha value is -5.00. The van der Waals surface area contributed by atoms with E-state index in [1.807, 2.05) is 31.2 Å². The largest absolute Gasteiger partial charge is 0.497 e. The van der Waals surface area contributed by atoms with E-state index >= 15 is 0 Å². The van der Waals surface area contributed by atoms with Gasteiger partial charge in [-0.3, -0.25) is 9.78 Å². The molecule has 0 radical (unpaired) electrons. The maximum Gasteiger partial charge on any atom is 0.433 e. The minimum absolute atomic E-state index is 0.161. The van der Waals surface area contributed by atoms with Crippen LogP contribution in [-0.2, 0) is 6.18 Å². The molecule has 3 aromatic heterocycles. The molecule has 38 heavy (non-hydrogen) atoms. The summed E-state index contributed by atoms with van der Waals surface area (Å²) in [6.07, 6.45) is -0.646. The summed E-state index contributed by atoms with van der Waals surface area (Å²) in [5.41, 5.74) is 1.92. The fraction of sp³-hybridized carbons (Fsp3) is 0.115. The number of aryl methyl sites for hydroxylation is 1. The molecule has 12 heteroatoms. The van der Waals surface area contributed by atoms with Gasteiger partial charge in [0.1, 0.15) is 23.6 Å². The van der Waals surface area contributed by atoms with Crippen LogP contribution in [-0.4, -0.2) is 37.7 Å². The number of aromatic nitrogens is 5. The molecule has 3 heterocycles. The summed E-state index contributed by atoms with van der Waals surface area (Å²) >= 11 is 0. The fourth-order valence-electron chi connectivity index (χ4n) is 3.75. The van der Waals surface area contributed by atoms with Crippen molar-refractivity contribution in [2.24, 2.45) is 0 Å². The number of rotatable bonds is 6. The zero-order valence-corrected chi connectivity index (χ0v) is 20.1. The van der Waals surface area contributed by atoms with Crippen LogP contribution in [0.1, 0.15) is 21.6 Å². The number of nitrogens with one attached hydrogen (secondary N) is 2. The fourth-order valence-corrected chi connectivity index (χ4v) is 3.75. The zero-order valence-electron chi connectivity index (χ0n) is 20.1. The molecule has 0 atom stereocenters. The van der Waals surface area contributed by atoms with Crippen molar-refractivity contribution in [3.63, 3.8) is 0 Å². The summed E-state index contributed by atoms with van der Waals surface area (Å²) in [6, 6.07) is 14.4. The number of alkyl halides is 3. The molecule has 0 bridgehead atoms. The molecule has 0 aliphatic rings.